The third-order valence-corrected chi connectivity index (χ3v) is 8.61. The molecule has 7 heteroatoms. The van der Waals surface area contributed by atoms with Gasteiger partial charge in [0.05, 0.1) is 10.9 Å². The van der Waals surface area contributed by atoms with Crippen molar-refractivity contribution in [2.24, 2.45) is 0 Å². The number of amides is 1. The first-order valence-electron chi connectivity index (χ1n) is 11.0. The van der Waals surface area contributed by atoms with E-state index < -0.39 is 15.6 Å². The number of carbonyl (C=O) groups is 1. The summed E-state index contributed by atoms with van der Waals surface area (Å²) in [6, 6.07) is 7.04. The van der Waals surface area contributed by atoms with Crippen LogP contribution in [-0.2, 0) is 20.2 Å². The Morgan fingerprint density at radius 2 is 1.57 bits per heavy atom. The van der Waals surface area contributed by atoms with E-state index in [1.54, 1.807) is 16.4 Å². The molecule has 30 heavy (non-hydrogen) atoms. The molecule has 1 aromatic carbocycles. The van der Waals surface area contributed by atoms with Crippen molar-refractivity contribution in [3.05, 3.63) is 29.8 Å². The molecule has 2 aliphatic heterocycles. The smallest absolute Gasteiger partial charge is 0.243 e. The van der Waals surface area contributed by atoms with Gasteiger partial charge < -0.3 is 4.90 Å². The van der Waals surface area contributed by atoms with Crippen LogP contribution < -0.4 is 0 Å². The predicted molar refractivity (Wildman–Crippen MR) is 120 cm³/mol. The number of nitrogens with zero attached hydrogens (tertiary/aromatic N) is 3. The summed E-state index contributed by atoms with van der Waals surface area (Å²) in [4.78, 5) is 17.2. The topological polar surface area (TPSA) is 60.9 Å². The molecular formula is C23H37N3O3S. The van der Waals surface area contributed by atoms with Crippen LogP contribution in [0.4, 0.5) is 0 Å². The van der Waals surface area contributed by atoms with E-state index >= 15 is 0 Å². The van der Waals surface area contributed by atoms with Gasteiger partial charge in [-0.25, -0.2) is 8.42 Å². The van der Waals surface area contributed by atoms with Gasteiger partial charge in [0.25, 0.3) is 0 Å². The molecule has 1 atom stereocenters. The molecule has 3 rings (SSSR count). The second-order valence-electron chi connectivity index (χ2n) is 10.3. The number of benzene rings is 1. The quantitative estimate of drug-likeness (QED) is 0.729. The number of likely N-dealkylation sites (tertiary alicyclic amines) is 1. The zero-order valence-corrected chi connectivity index (χ0v) is 20.1. The van der Waals surface area contributed by atoms with E-state index in [1.165, 1.54) is 0 Å². The van der Waals surface area contributed by atoms with E-state index in [2.05, 4.69) is 25.7 Å². The molecule has 2 heterocycles. The summed E-state index contributed by atoms with van der Waals surface area (Å²) < 4.78 is 28.4. The molecule has 168 valence electrons. The molecule has 0 aliphatic carbocycles. The highest BCUT2D eigenvalue weighted by molar-refractivity contribution is 7.89. The Bertz CT molecular complexity index is 866. The van der Waals surface area contributed by atoms with Gasteiger partial charge in [-0.05, 0) is 56.7 Å². The normalized spacial score (nSPS) is 22.3. The third-order valence-electron chi connectivity index (χ3n) is 6.49. The molecule has 1 amide bonds. The largest absolute Gasteiger partial charge is 0.341 e. The molecule has 2 fully saturated rings. The van der Waals surface area contributed by atoms with Gasteiger partial charge in [-0.3, -0.25) is 9.69 Å². The molecule has 0 aromatic heterocycles. The van der Waals surface area contributed by atoms with E-state index in [0.29, 0.717) is 24.5 Å². The molecule has 1 unspecified atom stereocenters. The van der Waals surface area contributed by atoms with Crippen molar-refractivity contribution in [3.8, 4) is 0 Å². The molecular weight excluding hydrogens is 398 g/mol. The molecule has 0 radical (unpaired) electrons. The van der Waals surface area contributed by atoms with Gasteiger partial charge in [-0.15, -0.1) is 0 Å². The fourth-order valence-corrected chi connectivity index (χ4v) is 6.33. The first-order chi connectivity index (χ1) is 13.8. The van der Waals surface area contributed by atoms with Crippen molar-refractivity contribution in [1.29, 1.82) is 0 Å². The first-order valence-corrected chi connectivity index (χ1v) is 12.4. The van der Waals surface area contributed by atoms with Gasteiger partial charge in [0, 0.05) is 38.3 Å². The average Bonchev–Trinajstić information content (AvgIpc) is 3.20. The average molecular weight is 436 g/mol. The summed E-state index contributed by atoms with van der Waals surface area (Å²) in [6.07, 6.45) is 2.15. The summed E-state index contributed by atoms with van der Waals surface area (Å²) in [7, 11) is -3.61. The molecule has 0 bridgehead atoms. The van der Waals surface area contributed by atoms with Crippen LogP contribution in [0, 0.1) is 0 Å². The highest BCUT2D eigenvalue weighted by atomic mass is 32.2. The van der Waals surface area contributed by atoms with Gasteiger partial charge in [-0.1, -0.05) is 32.9 Å². The van der Waals surface area contributed by atoms with E-state index in [1.807, 2.05) is 37.8 Å². The van der Waals surface area contributed by atoms with E-state index in [-0.39, 0.29) is 17.4 Å². The Morgan fingerprint density at radius 3 is 2.07 bits per heavy atom. The number of sulfonamides is 1. The monoisotopic (exact) mass is 435 g/mol. The standard InChI is InChI=1S/C23H37N3O3S/c1-18(21(27)24-13-7-8-14-24)25-15-16-26(23(5,6)17-25)30(28,29)20-11-9-19(10-12-20)22(2,3)4/h9-12,18H,7-8,13-17H2,1-6H3. The lowest BCUT2D eigenvalue weighted by Gasteiger charge is -2.47. The molecule has 6 nitrogen and oxygen atoms in total. The second kappa shape index (κ2) is 8.24. The van der Waals surface area contributed by atoms with Crippen molar-refractivity contribution in [3.63, 3.8) is 0 Å². The lowest BCUT2D eigenvalue weighted by molar-refractivity contribution is -0.136. The van der Waals surface area contributed by atoms with E-state index in [4.69, 9.17) is 0 Å². The van der Waals surface area contributed by atoms with Crippen LogP contribution in [0.25, 0.3) is 0 Å². The highest BCUT2D eigenvalue weighted by Crippen LogP contribution is 2.31. The van der Waals surface area contributed by atoms with Crippen LogP contribution in [0.5, 0.6) is 0 Å². The Morgan fingerprint density at radius 1 is 1.00 bits per heavy atom. The van der Waals surface area contributed by atoms with Gasteiger partial charge in [0.2, 0.25) is 15.9 Å². The summed E-state index contributed by atoms with van der Waals surface area (Å²) in [5, 5.41) is 0. The highest BCUT2D eigenvalue weighted by Gasteiger charge is 2.44. The minimum Gasteiger partial charge on any atom is -0.341 e. The van der Waals surface area contributed by atoms with Crippen LogP contribution in [-0.4, -0.2) is 72.7 Å². The number of hydrogen-bond donors (Lipinski definition) is 0. The Balaban J connectivity index is 1.75. The first kappa shape index (κ1) is 23.2. The molecule has 0 saturated carbocycles. The van der Waals surface area contributed by atoms with Gasteiger partial charge in [0.15, 0.2) is 0 Å². The number of carbonyl (C=O) groups excluding carboxylic acids is 1. The van der Waals surface area contributed by atoms with Crippen LogP contribution >= 0.6 is 0 Å². The Labute approximate surface area is 182 Å². The Hall–Kier alpha value is -1.44. The predicted octanol–water partition coefficient (Wildman–Crippen LogP) is 3.08. The zero-order chi connectivity index (χ0) is 22.3. The third kappa shape index (κ3) is 4.58. The summed E-state index contributed by atoms with van der Waals surface area (Å²) >= 11 is 0. The molecule has 2 aliphatic rings. The number of piperazine rings is 1. The summed E-state index contributed by atoms with van der Waals surface area (Å²) in [6.45, 7) is 15.4. The maximum absolute atomic E-state index is 13.4. The number of hydrogen-bond acceptors (Lipinski definition) is 4. The van der Waals surface area contributed by atoms with Gasteiger partial charge >= 0.3 is 0 Å². The lowest BCUT2D eigenvalue weighted by atomic mass is 9.87. The minimum absolute atomic E-state index is 0.0226. The molecule has 0 spiro atoms. The van der Waals surface area contributed by atoms with Crippen molar-refractivity contribution in [2.75, 3.05) is 32.7 Å². The van der Waals surface area contributed by atoms with Crippen molar-refractivity contribution < 1.29 is 13.2 Å². The van der Waals surface area contributed by atoms with Crippen LogP contribution in [0.15, 0.2) is 29.2 Å². The van der Waals surface area contributed by atoms with Crippen molar-refractivity contribution in [2.45, 2.75) is 76.3 Å². The maximum Gasteiger partial charge on any atom is 0.243 e. The maximum atomic E-state index is 13.4. The van der Waals surface area contributed by atoms with Crippen molar-refractivity contribution >= 4 is 15.9 Å². The zero-order valence-electron chi connectivity index (χ0n) is 19.3. The molecule has 2 saturated heterocycles. The van der Waals surface area contributed by atoms with Crippen LogP contribution in [0.1, 0.15) is 59.9 Å². The second-order valence-corrected chi connectivity index (χ2v) is 12.2. The number of rotatable bonds is 4. The van der Waals surface area contributed by atoms with Crippen molar-refractivity contribution in [1.82, 2.24) is 14.1 Å². The molecule has 1 aromatic rings. The summed E-state index contributed by atoms with van der Waals surface area (Å²) in [5.41, 5.74) is 0.490. The van der Waals surface area contributed by atoms with Gasteiger partial charge in [0.1, 0.15) is 0 Å². The van der Waals surface area contributed by atoms with Crippen LogP contribution in [0.2, 0.25) is 0 Å². The minimum atomic E-state index is -3.61. The summed E-state index contributed by atoms with van der Waals surface area (Å²) in [5.74, 6) is 0.164. The Kier molecular flexibility index (Phi) is 6.38. The van der Waals surface area contributed by atoms with E-state index in [9.17, 15) is 13.2 Å². The molecule has 0 N–H and O–H groups in total. The lowest BCUT2D eigenvalue weighted by Crippen LogP contribution is -2.63. The fraction of sp³-hybridized carbons (Fsp3) is 0.696. The van der Waals surface area contributed by atoms with Gasteiger partial charge in [-0.2, -0.15) is 4.31 Å². The van der Waals surface area contributed by atoms with E-state index in [0.717, 1.165) is 31.5 Å². The van der Waals surface area contributed by atoms with Crippen LogP contribution in [0.3, 0.4) is 0 Å². The SMILES string of the molecule is CC(C(=O)N1CCCC1)N1CCN(S(=O)(=O)c2ccc(C(C)(C)C)cc2)C(C)(C)C1. The fourth-order valence-electron chi connectivity index (χ4n) is 4.57.